The third-order valence-electron chi connectivity index (χ3n) is 13.1. The Hall–Kier alpha value is -5.84. The molecule has 11 rings (SSSR count). The Morgan fingerprint density at radius 2 is 0.892 bits per heavy atom. The van der Waals surface area contributed by atoms with E-state index in [1.165, 1.54) is 0 Å². The average molecular weight is 815 g/mol. The molecular weight excluding hydrogens is 794 g/mol. The molecule has 11 aromatic rings. The number of hydrogen-bond acceptors (Lipinski definition) is 2. The van der Waals surface area contributed by atoms with Gasteiger partial charge in [-0.2, -0.15) is 0 Å². The van der Waals surface area contributed by atoms with Crippen LogP contribution in [0.1, 0.15) is 5.56 Å². The van der Waals surface area contributed by atoms with E-state index in [0.717, 1.165) is 31.3 Å². The SMILES string of the molecule is [B]c1c(C)c([B])c2c(c1[B])c1c([B])c(-c3c([B])c([B])c4c(c3[B])c3c([B])c([B])c([B])c([B])c3n4-c3cccc4c3sc3c(-c5ccccc5)cccc34)c(O)c([B])c1n2-c1ccccc1. The summed E-state index contributed by atoms with van der Waals surface area (Å²) >= 11 is 1.62. The van der Waals surface area contributed by atoms with E-state index in [4.69, 9.17) is 94.2 Å². The number of aromatic hydroxyl groups is 1. The van der Waals surface area contributed by atoms with Gasteiger partial charge in [-0.25, -0.2) is 0 Å². The molecule has 0 aliphatic carbocycles. The number of fused-ring (bicyclic) bond motifs is 9. The highest BCUT2D eigenvalue weighted by molar-refractivity contribution is 7.26. The van der Waals surface area contributed by atoms with Crippen LogP contribution in [0.4, 0.5) is 0 Å². The van der Waals surface area contributed by atoms with Gasteiger partial charge in [-0.15, -0.1) is 27.7 Å². The highest BCUT2D eigenvalue weighted by Gasteiger charge is 2.30. The predicted octanol–water partition coefficient (Wildman–Crippen LogP) is -0.878. The Morgan fingerprint density at radius 1 is 0.400 bits per heavy atom. The summed E-state index contributed by atoms with van der Waals surface area (Å²) in [6, 6.07) is 31.8. The highest BCUT2D eigenvalue weighted by Crippen LogP contribution is 2.44. The highest BCUT2D eigenvalue weighted by atomic mass is 32.1. The van der Waals surface area contributed by atoms with Gasteiger partial charge in [0.2, 0.25) is 0 Å². The summed E-state index contributed by atoms with van der Waals surface area (Å²) in [5, 5.41) is 16.0. The number of phenols is 1. The summed E-state index contributed by atoms with van der Waals surface area (Å²) in [7, 11) is 83.6. The van der Waals surface area contributed by atoms with Crippen LogP contribution < -0.4 is 65.6 Å². The van der Waals surface area contributed by atoms with Crippen molar-refractivity contribution in [1.82, 2.24) is 9.13 Å². The van der Waals surface area contributed by atoms with Crippen molar-refractivity contribution in [1.29, 1.82) is 0 Å². The molecule has 16 heteroatoms. The van der Waals surface area contributed by atoms with Gasteiger partial charge in [-0.1, -0.05) is 128 Å². The second-order valence-electron chi connectivity index (χ2n) is 16.4. The standard InChI is InChI=1S/C49H20B12N2OS/c1-18-31(50)36(55)28-27-34(53)30(47(64)42(61)46(27)62(43(28)32(18)51)20-12-6-3-7-13-20)25-33(52)26-29-37(56)38(57)39(58)41(60)45(29)63(44(26)40(59)35(25)54)24-17-9-16-23-22-15-8-14-21(48(22)65-49(23)24)19-10-4-2-5-11-19/h2-17,64H,1H3. The fourth-order valence-corrected chi connectivity index (χ4v) is 11.2. The number of nitrogens with zero attached hydrogens (tertiary/aromatic N) is 2. The van der Waals surface area contributed by atoms with E-state index in [1.807, 2.05) is 69.8 Å². The fourth-order valence-electron chi connectivity index (χ4n) is 9.88. The van der Waals surface area contributed by atoms with E-state index in [0.29, 0.717) is 66.0 Å². The number of para-hydroxylation sites is 1. The topological polar surface area (TPSA) is 30.1 Å². The zero-order valence-electron chi connectivity index (χ0n) is 34.9. The van der Waals surface area contributed by atoms with Gasteiger partial charge in [0.05, 0.1) is 15.9 Å². The number of phenolic OH excluding ortho intramolecular Hbond substituents is 1. The fraction of sp³-hybridized carbons (Fsp3) is 0.0204. The van der Waals surface area contributed by atoms with Crippen molar-refractivity contribution in [2.24, 2.45) is 0 Å². The molecule has 0 spiro atoms. The summed E-state index contributed by atoms with van der Waals surface area (Å²) in [5.74, 6) is -0.418. The largest absolute Gasteiger partial charge is 0.508 e. The minimum absolute atomic E-state index is 0.00117. The molecular formula is C49H20B12N2OS. The van der Waals surface area contributed by atoms with Gasteiger partial charge in [-0.05, 0) is 58.0 Å². The van der Waals surface area contributed by atoms with Crippen molar-refractivity contribution in [2.75, 3.05) is 0 Å². The molecule has 8 aromatic carbocycles. The summed E-state index contributed by atoms with van der Waals surface area (Å²) in [6.07, 6.45) is 0. The monoisotopic (exact) mass is 816 g/mol. The lowest BCUT2D eigenvalue weighted by Gasteiger charge is -2.23. The zero-order chi connectivity index (χ0) is 45.7. The molecule has 0 unspecified atom stereocenters. The number of rotatable bonds is 4. The van der Waals surface area contributed by atoms with E-state index in [2.05, 4.69) is 36.4 Å². The Morgan fingerprint density at radius 3 is 1.54 bits per heavy atom. The van der Waals surface area contributed by atoms with Crippen LogP contribution in [0.15, 0.2) is 97.1 Å². The molecule has 0 fully saturated rings. The van der Waals surface area contributed by atoms with Crippen LogP contribution in [0.3, 0.4) is 0 Å². The molecule has 1 N–H and O–H groups in total. The molecule has 0 aliphatic heterocycles. The molecule has 0 saturated carbocycles. The Balaban J connectivity index is 1.30. The van der Waals surface area contributed by atoms with E-state index in [-0.39, 0.29) is 71.2 Å². The molecule has 274 valence electrons. The first-order valence-electron chi connectivity index (χ1n) is 20.5. The summed E-state index contributed by atoms with van der Waals surface area (Å²) in [5.41, 5.74) is 7.12. The molecule has 0 bridgehead atoms. The Bertz CT molecular complexity index is 3940. The molecule has 0 aliphatic rings. The summed E-state index contributed by atoms with van der Waals surface area (Å²) in [4.78, 5) is 0. The van der Waals surface area contributed by atoms with Crippen molar-refractivity contribution in [3.05, 3.63) is 103 Å². The van der Waals surface area contributed by atoms with E-state index in [1.54, 1.807) is 18.3 Å². The molecule has 0 saturated heterocycles. The zero-order valence-corrected chi connectivity index (χ0v) is 35.7. The third-order valence-corrected chi connectivity index (χ3v) is 14.4. The minimum Gasteiger partial charge on any atom is -0.508 e. The van der Waals surface area contributed by atoms with Gasteiger partial charge in [0.25, 0.3) is 0 Å². The van der Waals surface area contributed by atoms with Gasteiger partial charge in [0.1, 0.15) is 99.9 Å². The van der Waals surface area contributed by atoms with E-state index < -0.39 is 5.75 Å². The van der Waals surface area contributed by atoms with Crippen LogP contribution >= 0.6 is 11.3 Å². The summed E-state index contributed by atoms with van der Waals surface area (Å²) < 4.78 is 5.70. The minimum atomic E-state index is -0.418. The molecule has 3 heterocycles. The predicted molar refractivity (Wildman–Crippen MR) is 290 cm³/mol. The number of thiophene rings is 1. The molecule has 0 atom stereocenters. The molecule has 3 aromatic heterocycles. The summed E-state index contributed by atoms with van der Waals surface area (Å²) in [6.45, 7) is 1.78. The van der Waals surface area contributed by atoms with Crippen molar-refractivity contribution in [2.45, 2.75) is 6.92 Å². The van der Waals surface area contributed by atoms with Crippen LogP contribution in [-0.2, 0) is 0 Å². The smallest absolute Gasteiger partial charge is 0.122 e. The normalized spacial score (nSPS) is 12.0. The lowest BCUT2D eigenvalue weighted by atomic mass is 9.63. The van der Waals surface area contributed by atoms with Crippen LogP contribution in [-0.4, -0.2) is 108 Å². The quantitative estimate of drug-likeness (QED) is 0.231. The lowest BCUT2D eigenvalue weighted by molar-refractivity contribution is 0.482. The molecule has 65 heavy (non-hydrogen) atoms. The Labute approximate surface area is 395 Å². The van der Waals surface area contributed by atoms with Gasteiger partial charge >= 0.3 is 0 Å². The van der Waals surface area contributed by atoms with Crippen LogP contribution in [0, 0.1) is 6.92 Å². The number of aromatic nitrogens is 2. The average Bonchev–Trinajstić information content (AvgIpc) is 4.01. The van der Waals surface area contributed by atoms with Crippen LogP contribution in [0.25, 0.3) is 97.4 Å². The molecule has 0 amide bonds. The van der Waals surface area contributed by atoms with E-state index >= 15 is 0 Å². The maximum atomic E-state index is 12.4. The van der Waals surface area contributed by atoms with Crippen molar-refractivity contribution in [3.8, 4) is 39.4 Å². The van der Waals surface area contributed by atoms with Gasteiger partial charge in [0, 0.05) is 54.0 Å². The van der Waals surface area contributed by atoms with Crippen LogP contribution in [0.2, 0.25) is 0 Å². The van der Waals surface area contributed by atoms with Gasteiger partial charge in [-0.3, -0.25) is 0 Å². The molecule has 24 radical (unpaired) electrons. The molecule has 3 nitrogen and oxygen atoms in total. The van der Waals surface area contributed by atoms with Crippen molar-refractivity contribution in [3.63, 3.8) is 0 Å². The maximum Gasteiger partial charge on any atom is 0.122 e. The first kappa shape index (κ1) is 41.8. The Kier molecular flexibility index (Phi) is 9.55. The number of hydrogen-bond donors (Lipinski definition) is 1. The van der Waals surface area contributed by atoms with Crippen molar-refractivity contribution < 1.29 is 5.11 Å². The van der Waals surface area contributed by atoms with E-state index in [9.17, 15) is 5.11 Å². The van der Waals surface area contributed by atoms with Crippen molar-refractivity contribution >= 4 is 235 Å². The first-order chi connectivity index (χ1) is 31.2. The second kappa shape index (κ2) is 14.8. The first-order valence-corrected chi connectivity index (χ1v) is 21.3. The van der Waals surface area contributed by atoms with Gasteiger partial charge in [0.15, 0.2) is 0 Å². The number of benzene rings is 8. The maximum absolute atomic E-state index is 12.4. The van der Waals surface area contributed by atoms with Gasteiger partial charge < -0.3 is 14.2 Å². The lowest BCUT2D eigenvalue weighted by Crippen LogP contribution is -2.48. The van der Waals surface area contributed by atoms with Crippen LogP contribution in [0.5, 0.6) is 5.75 Å². The third kappa shape index (κ3) is 5.53. The second-order valence-corrected chi connectivity index (χ2v) is 17.4.